The maximum absolute atomic E-state index is 11.5. The number of hydrogen-bond donors (Lipinski definition) is 1. The highest BCUT2D eigenvalue weighted by atomic mass is 16.7. The van der Waals surface area contributed by atoms with Crippen LogP contribution in [0.5, 0.6) is 0 Å². The van der Waals surface area contributed by atoms with Gasteiger partial charge in [0.1, 0.15) is 6.10 Å². The quantitative estimate of drug-likeness (QED) is 0.318. The van der Waals surface area contributed by atoms with E-state index < -0.39 is 23.9 Å². The third kappa shape index (κ3) is 7.79. The number of aliphatic hydroxyl groups excluding tert-OH is 1. The van der Waals surface area contributed by atoms with Gasteiger partial charge in [-0.25, -0.2) is 4.79 Å². The molecule has 10 nitrogen and oxygen atoms in total. The normalized spacial score (nSPS) is 17.6. The Balaban J connectivity index is 1.95. The first-order chi connectivity index (χ1) is 11.6. The molecule has 1 aliphatic heterocycles. The molecule has 0 aromatic carbocycles. The van der Waals surface area contributed by atoms with Gasteiger partial charge in [-0.3, -0.25) is 9.59 Å². The Hall–Kier alpha value is -1.59. The Morgan fingerprint density at radius 3 is 2.08 bits per heavy atom. The topological polar surface area (TPSA) is 121 Å². The van der Waals surface area contributed by atoms with Gasteiger partial charge in [-0.1, -0.05) is 5.06 Å². The smallest absolute Gasteiger partial charge is 0.335 e. The number of hydroxylamine groups is 2. The molecule has 1 N–H and O–H groups in total. The number of carbonyl (C=O) groups excluding carboxylic acids is 3. The van der Waals surface area contributed by atoms with E-state index in [0.29, 0.717) is 38.1 Å². The lowest BCUT2D eigenvalue weighted by atomic mass is 10.3. The van der Waals surface area contributed by atoms with Gasteiger partial charge in [0.15, 0.2) is 0 Å². The maximum atomic E-state index is 11.5. The SMILES string of the molecule is COCCOCCOCCOCCC(=O)ON1C(=O)CC(O)C1=O. The van der Waals surface area contributed by atoms with Crippen molar-refractivity contribution in [3.05, 3.63) is 0 Å². The number of imide groups is 1. The van der Waals surface area contributed by atoms with Crippen molar-refractivity contribution in [2.75, 3.05) is 53.4 Å². The molecule has 0 saturated carbocycles. The van der Waals surface area contributed by atoms with Crippen LogP contribution in [0.15, 0.2) is 0 Å². The van der Waals surface area contributed by atoms with Crippen LogP contribution in [0.25, 0.3) is 0 Å². The summed E-state index contributed by atoms with van der Waals surface area (Å²) in [4.78, 5) is 38.7. The summed E-state index contributed by atoms with van der Waals surface area (Å²) in [6, 6.07) is 0. The van der Waals surface area contributed by atoms with Crippen molar-refractivity contribution < 1.29 is 43.3 Å². The molecule has 0 aromatic rings. The minimum Gasteiger partial charge on any atom is -0.383 e. The average molecular weight is 349 g/mol. The fourth-order valence-electron chi connectivity index (χ4n) is 1.68. The molecule has 1 fully saturated rings. The van der Waals surface area contributed by atoms with E-state index in [-0.39, 0.29) is 26.1 Å². The number of carbonyl (C=O) groups is 3. The summed E-state index contributed by atoms with van der Waals surface area (Å²) in [5, 5.41) is 9.46. The van der Waals surface area contributed by atoms with Gasteiger partial charge in [-0.2, -0.15) is 0 Å². The maximum Gasteiger partial charge on any atom is 0.335 e. The first-order valence-electron chi connectivity index (χ1n) is 7.54. The van der Waals surface area contributed by atoms with Crippen molar-refractivity contribution in [1.29, 1.82) is 0 Å². The van der Waals surface area contributed by atoms with Crippen LogP contribution in [-0.2, 0) is 38.2 Å². The van der Waals surface area contributed by atoms with Crippen LogP contribution in [0.2, 0.25) is 0 Å². The molecule has 0 aromatic heterocycles. The summed E-state index contributed by atoms with van der Waals surface area (Å²) in [6.07, 6.45) is -1.96. The second kappa shape index (κ2) is 11.9. The van der Waals surface area contributed by atoms with E-state index in [4.69, 9.17) is 18.9 Å². The van der Waals surface area contributed by atoms with E-state index in [9.17, 15) is 19.5 Å². The van der Waals surface area contributed by atoms with Crippen molar-refractivity contribution in [2.45, 2.75) is 18.9 Å². The van der Waals surface area contributed by atoms with E-state index in [1.54, 1.807) is 7.11 Å². The zero-order valence-corrected chi connectivity index (χ0v) is 13.6. The third-order valence-electron chi connectivity index (χ3n) is 2.90. The highest BCUT2D eigenvalue weighted by Crippen LogP contribution is 2.13. The molecule has 1 heterocycles. The average Bonchev–Trinajstić information content (AvgIpc) is 2.79. The van der Waals surface area contributed by atoms with Crippen molar-refractivity contribution in [1.82, 2.24) is 5.06 Å². The van der Waals surface area contributed by atoms with Gasteiger partial charge in [-0.05, 0) is 0 Å². The van der Waals surface area contributed by atoms with Crippen molar-refractivity contribution in [3.8, 4) is 0 Å². The molecule has 0 radical (unpaired) electrons. The van der Waals surface area contributed by atoms with Crippen LogP contribution >= 0.6 is 0 Å². The summed E-state index contributed by atoms with van der Waals surface area (Å²) in [7, 11) is 1.59. The number of rotatable bonds is 13. The summed E-state index contributed by atoms with van der Waals surface area (Å²) in [5.74, 6) is -2.48. The zero-order chi connectivity index (χ0) is 17.8. The van der Waals surface area contributed by atoms with Crippen LogP contribution in [0.1, 0.15) is 12.8 Å². The first-order valence-corrected chi connectivity index (χ1v) is 7.54. The molecule has 1 saturated heterocycles. The van der Waals surface area contributed by atoms with Gasteiger partial charge in [0.05, 0.1) is 59.1 Å². The Bertz CT molecular complexity index is 415. The van der Waals surface area contributed by atoms with Gasteiger partial charge in [0.2, 0.25) is 0 Å². The Morgan fingerprint density at radius 1 is 1.04 bits per heavy atom. The van der Waals surface area contributed by atoms with Crippen LogP contribution in [-0.4, -0.2) is 87.4 Å². The molecule has 0 aliphatic carbocycles. The lowest BCUT2D eigenvalue weighted by Crippen LogP contribution is -2.34. The predicted molar refractivity (Wildman–Crippen MR) is 77.5 cm³/mol. The van der Waals surface area contributed by atoms with Crippen molar-refractivity contribution in [2.24, 2.45) is 0 Å². The Labute approximate surface area is 139 Å². The van der Waals surface area contributed by atoms with E-state index in [0.717, 1.165) is 0 Å². The Morgan fingerprint density at radius 2 is 1.58 bits per heavy atom. The minimum absolute atomic E-state index is 0.0608. The van der Waals surface area contributed by atoms with Gasteiger partial charge >= 0.3 is 5.97 Å². The number of nitrogens with zero attached hydrogens (tertiary/aromatic N) is 1. The highest BCUT2D eigenvalue weighted by Gasteiger charge is 2.40. The first kappa shape index (κ1) is 20.5. The molecule has 1 rings (SSSR count). The summed E-state index contributed by atoms with van der Waals surface area (Å²) in [6.45, 7) is 2.62. The summed E-state index contributed by atoms with van der Waals surface area (Å²) in [5.41, 5.74) is 0. The lowest BCUT2D eigenvalue weighted by molar-refractivity contribution is -0.199. The van der Waals surface area contributed by atoms with Crippen LogP contribution < -0.4 is 0 Å². The second-order valence-electron chi connectivity index (χ2n) is 4.79. The molecular formula is C14H23NO9. The Kier molecular flexibility index (Phi) is 10.1. The molecule has 138 valence electrons. The van der Waals surface area contributed by atoms with Crippen molar-refractivity contribution >= 4 is 17.8 Å². The molecule has 10 heteroatoms. The fourth-order valence-corrected chi connectivity index (χ4v) is 1.68. The minimum atomic E-state index is -1.45. The lowest BCUT2D eigenvalue weighted by Gasteiger charge is -2.12. The van der Waals surface area contributed by atoms with E-state index in [2.05, 4.69) is 4.84 Å². The molecule has 0 spiro atoms. The molecule has 1 aliphatic rings. The number of aliphatic hydroxyl groups is 1. The van der Waals surface area contributed by atoms with Gasteiger partial charge in [0.25, 0.3) is 11.8 Å². The summed E-state index contributed by atoms with van der Waals surface area (Å²) < 4.78 is 20.4. The van der Waals surface area contributed by atoms with Crippen molar-refractivity contribution in [3.63, 3.8) is 0 Å². The summed E-state index contributed by atoms with van der Waals surface area (Å²) >= 11 is 0. The largest absolute Gasteiger partial charge is 0.383 e. The van der Waals surface area contributed by atoms with Gasteiger partial charge in [-0.15, -0.1) is 0 Å². The van der Waals surface area contributed by atoms with Gasteiger partial charge < -0.3 is 28.9 Å². The second-order valence-corrected chi connectivity index (χ2v) is 4.79. The number of amides is 2. The van der Waals surface area contributed by atoms with Crippen LogP contribution in [0.3, 0.4) is 0 Å². The zero-order valence-electron chi connectivity index (χ0n) is 13.6. The molecule has 2 amide bonds. The molecule has 1 atom stereocenters. The third-order valence-corrected chi connectivity index (χ3v) is 2.90. The van der Waals surface area contributed by atoms with E-state index >= 15 is 0 Å². The number of hydrogen-bond acceptors (Lipinski definition) is 9. The van der Waals surface area contributed by atoms with E-state index in [1.165, 1.54) is 0 Å². The monoisotopic (exact) mass is 349 g/mol. The molecule has 24 heavy (non-hydrogen) atoms. The van der Waals surface area contributed by atoms with Crippen LogP contribution in [0, 0.1) is 0 Å². The molecule has 0 bridgehead atoms. The molecular weight excluding hydrogens is 326 g/mol. The predicted octanol–water partition coefficient (Wildman–Crippen LogP) is -1.35. The number of methoxy groups -OCH3 is 1. The number of ether oxygens (including phenoxy) is 4. The van der Waals surface area contributed by atoms with E-state index in [1.807, 2.05) is 0 Å². The fraction of sp³-hybridized carbons (Fsp3) is 0.786. The van der Waals surface area contributed by atoms with Gasteiger partial charge in [0, 0.05) is 7.11 Å². The highest BCUT2D eigenvalue weighted by molar-refractivity contribution is 6.04. The molecule has 1 unspecified atom stereocenters. The van der Waals surface area contributed by atoms with Crippen LogP contribution in [0.4, 0.5) is 0 Å². The standard InChI is InChI=1S/C14H23NO9/c1-20-4-5-22-8-9-23-7-6-21-3-2-13(18)24-15-12(17)10-11(16)14(15)19/h11,16H,2-10H2,1H3.